The van der Waals surface area contributed by atoms with Gasteiger partial charge in [0, 0.05) is 16.4 Å². The number of amides is 1. The number of rotatable bonds is 5. The van der Waals surface area contributed by atoms with Crippen LogP contribution in [-0.4, -0.2) is 44.2 Å². The van der Waals surface area contributed by atoms with Crippen molar-refractivity contribution in [2.24, 2.45) is 0 Å². The van der Waals surface area contributed by atoms with Crippen LogP contribution in [0, 0.1) is 6.92 Å². The van der Waals surface area contributed by atoms with E-state index in [1.165, 1.54) is 32.6 Å². The van der Waals surface area contributed by atoms with Gasteiger partial charge in [0.25, 0.3) is 0 Å². The summed E-state index contributed by atoms with van der Waals surface area (Å²) in [6.07, 6.45) is 6.72. The van der Waals surface area contributed by atoms with E-state index in [-0.39, 0.29) is 16.3 Å². The molecule has 216 valence electrons. The molecule has 11 heteroatoms. The molecular weight excluding hydrogens is 529 g/mol. The smallest absolute Gasteiger partial charge is 0.431 e. The lowest BCUT2D eigenvalue weighted by molar-refractivity contribution is -0.153. The number of aryl methyl sites for hydroxylation is 1. The number of hydrogen-bond donors (Lipinski definition) is 3. The summed E-state index contributed by atoms with van der Waals surface area (Å²) >= 11 is 0. The Morgan fingerprint density at radius 2 is 1.64 bits per heavy atom. The fourth-order valence-corrected chi connectivity index (χ4v) is 3.28. The van der Waals surface area contributed by atoms with Crippen molar-refractivity contribution in [3.05, 3.63) is 60.1 Å². The first kappa shape index (κ1) is 32.2. The van der Waals surface area contributed by atoms with Gasteiger partial charge in [0.15, 0.2) is 0 Å². The maximum absolute atomic E-state index is 12.4. The van der Waals surface area contributed by atoms with Crippen molar-refractivity contribution >= 4 is 28.2 Å². The molecule has 4 rings (SSSR count). The van der Waals surface area contributed by atoms with Gasteiger partial charge in [-0.25, -0.2) is 9.97 Å². The standard InChI is InChI=1S/C11H8F3NO.C11H15N3O.C6H16OS/c1-7-9(11(12,13)14)16-10(15-7)8-5-3-2-4-6-8;15-8-13-10-5-6-11(12-7-10)14-9-3-1-2-4-9;1-6(2,3)8(4,5)7/h2-6H,1H3;5-9H,1-4H2,(H,12,14)(H,13,15);7H,1-5H3. The van der Waals surface area contributed by atoms with Crippen LogP contribution in [0.15, 0.2) is 53.1 Å². The number of oxazole rings is 1. The van der Waals surface area contributed by atoms with E-state index in [0.717, 1.165) is 11.5 Å². The van der Waals surface area contributed by atoms with Gasteiger partial charge < -0.3 is 19.6 Å². The van der Waals surface area contributed by atoms with Crippen molar-refractivity contribution in [1.82, 2.24) is 9.97 Å². The van der Waals surface area contributed by atoms with Crippen LogP contribution in [-0.2, 0) is 11.0 Å². The Balaban J connectivity index is 0.000000218. The molecule has 1 amide bonds. The van der Waals surface area contributed by atoms with Gasteiger partial charge in [-0.2, -0.15) is 13.2 Å². The first-order valence-electron chi connectivity index (χ1n) is 12.6. The molecule has 0 radical (unpaired) electrons. The van der Waals surface area contributed by atoms with Crippen molar-refractivity contribution in [3.63, 3.8) is 0 Å². The molecule has 2 aromatic heterocycles. The van der Waals surface area contributed by atoms with E-state index in [1.807, 2.05) is 24.6 Å². The third-order valence-corrected chi connectivity index (χ3v) is 9.27. The number of pyridine rings is 1. The summed E-state index contributed by atoms with van der Waals surface area (Å²) < 4.78 is 51.6. The molecule has 3 N–H and O–H groups in total. The summed E-state index contributed by atoms with van der Waals surface area (Å²) in [4.78, 5) is 18.2. The number of benzene rings is 1. The summed E-state index contributed by atoms with van der Waals surface area (Å²) in [5, 5.41) is 5.94. The molecule has 39 heavy (non-hydrogen) atoms. The van der Waals surface area contributed by atoms with Crippen molar-refractivity contribution in [2.75, 3.05) is 23.1 Å². The molecule has 0 unspecified atom stereocenters. The van der Waals surface area contributed by atoms with E-state index < -0.39 is 22.2 Å². The van der Waals surface area contributed by atoms with E-state index in [0.29, 0.717) is 18.0 Å². The molecule has 2 heterocycles. The third kappa shape index (κ3) is 10.6. The van der Waals surface area contributed by atoms with E-state index >= 15 is 0 Å². The Bertz CT molecular complexity index is 1140. The number of halogens is 3. The van der Waals surface area contributed by atoms with Crippen molar-refractivity contribution < 1.29 is 26.9 Å². The normalized spacial score (nSPS) is 14.4. The lowest BCUT2D eigenvalue weighted by Gasteiger charge is -2.38. The molecule has 7 nitrogen and oxygen atoms in total. The molecule has 0 bridgehead atoms. The second-order valence-electron chi connectivity index (χ2n) is 10.5. The first-order valence-corrected chi connectivity index (χ1v) is 15.0. The number of nitrogens with zero attached hydrogens (tertiary/aromatic N) is 2. The topological polar surface area (TPSA) is 100 Å². The van der Waals surface area contributed by atoms with Crippen LogP contribution in [0.1, 0.15) is 57.9 Å². The molecule has 1 saturated carbocycles. The van der Waals surface area contributed by atoms with Crippen molar-refractivity contribution in [2.45, 2.75) is 70.3 Å². The lowest BCUT2D eigenvalue weighted by atomic mass is 10.2. The number of anilines is 2. The Morgan fingerprint density at radius 3 is 2.08 bits per heavy atom. The number of aromatic nitrogens is 2. The van der Waals surface area contributed by atoms with E-state index in [2.05, 4.69) is 41.4 Å². The van der Waals surface area contributed by atoms with Gasteiger partial charge in [0.2, 0.25) is 18.1 Å². The molecule has 0 spiro atoms. The van der Waals surface area contributed by atoms with Crippen LogP contribution in [0.2, 0.25) is 0 Å². The van der Waals surface area contributed by atoms with Crippen molar-refractivity contribution in [3.8, 4) is 11.5 Å². The number of carbonyl (C=O) groups excluding carboxylic acids is 1. The maximum atomic E-state index is 12.4. The molecule has 1 fully saturated rings. The summed E-state index contributed by atoms with van der Waals surface area (Å²) in [5.74, 6) is -0.157. The van der Waals surface area contributed by atoms with Gasteiger partial charge in [0.1, 0.15) is 5.82 Å². The second-order valence-corrected chi connectivity index (χ2v) is 14.3. The maximum Gasteiger partial charge on any atom is 0.451 e. The first-order chi connectivity index (χ1) is 18.1. The molecule has 1 aliphatic carbocycles. The second kappa shape index (κ2) is 13.8. The monoisotopic (exact) mass is 568 g/mol. The summed E-state index contributed by atoms with van der Waals surface area (Å²) in [5.41, 5.74) is 1.11. The number of carbonyl (C=O) groups is 1. The number of alkyl halides is 3. The fourth-order valence-electron chi connectivity index (χ4n) is 3.28. The minimum atomic E-state index is -4.50. The largest absolute Gasteiger partial charge is 0.451 e. The molecule has 3 aromatic rings. The molecule has 0 saturated heterocycles. The quantitative estimate of drug-likeness (QED) is 0.270. The average Bonchev–Trinajstić information content (AvgIpc) is 3.50. The Hall–Kier alpha value is -3.05. The predicted octanol–water partition coefficient (Wildman–Crippen LogP) is 8.00. The Kier molecular flexibility index (Phi) is 11.4. The fraction of sp³-hybridized carbons (Fsp3) is 0.464. The van der Waals surface area contributed by atoms with Crippen LogP contribution in [0.4, 0.5) is 24.7 Å². The summed E-state index contributed by atoms with van der Waals surface area (Å²) in [7, 11) is -1.34. The lowest BCUT2D eigenvalue weighted by Crippen LogP contribution is -2.21. The predicted molar refractivity (Wildman–Crippen MR) is 153 cm³/mol. The van der Waals surface area contributed by atoms with E-state index in [9.17, 15) is 22.5 Å². The van der Waals surface area contributed by atoms with Gasteiger partial charge in [-0.05, 0) is 56.5 Å². The van der Waals surface area contributed by atoms with Gasteiger partial charge in [-0.15, -0.1) is 10.3 Å². The number of nitrogens with one attached hydrogen (secondary N) is 2. The van der Waals surface area contributed by atoms with Crippen LogP contribution in [0.25, 0.3) is 11.5 Å². The van der Waals surface area contributed by atoms with E-state index in [1.54, 1.807) is 36.5 Å². The molecule has 0 atom stereocenters. The minimum absolute atomic E-state index is 0.00887. The molecular formula is C28H39F3N4O3S. The van der Waals surface area contributed by atoms with E-state index in [4.69, 9.17) is 4.42 Å². The zero-order valence-corrected chi connectivity index (χ0v) is 24.1. The van der Waals surface area contributed by atoms with Gasteiger partial charge in [-0.3, -0.25) is 4.79 Å². The average molecular weight is 569 g/mol. The highest BCUT2D eigenvalue weighted by Crippen LogP contribution is 2.48. The molecule has 1 aliphatic rings. The van der Waals surface area contributed by atoms with Crippen LogP contribution >= 0.6 is 10.3 Å². The molecule has 1 aromatic carbocycles. The summed E-state index contributed by atoms with van der Waals surface area (Å²) in [6.45, 7) is 7.45. The Morgan fingerprint density at radius 1 is 1.05 bits per heavy atom. The summed E-state index contributed by atoms with van der Waals surface area (Å²) in [6, 6.07) is 12.8. The van der Waals surface area contributed by atoms with Crippen molar-refractivity contribution in [1.29, 1.82) is 0 Å². The van der Waals surface area contributed by atoms with Gasteiger partial charge >= 0.3 is 6.18 Å². The Labute approximate surface area is 230 Å². The zero-order valence-electron chi connectivity index (χ0n) is 23.3. The zero-order chi connectivity index (χ0) is 29.3. The number of hydrogen-bond acceptors (Lipinski definition) is 6. The SMILES string of the molecule is CC(C)(C)S(C)(C)O.Cc1nc(-c2ccccc2)oc1C(F)(F)F.O=CNc1ccc(NC2CCCC2)nc1. The third-order valence-electron chi connectivity index (χ3n) is 6.27. The highest BCUT2D eigenvalue weighted by atomic mass is 32.3. The highest BCUT2D eigenvalue weighted by molar-refractivity contribution is 8.29. The molecule has 0 aliphatic heterocycles. The van der Waals surface area contributed by atoms with Gasteiger partial charge in [-0.1, -0.05) is 51.8 Å². The highest BCUT2D eigenvalue weighted by Gasteiger charge is 2.38. The van der Waals surface area contributed by atoms with Gasteiger partial charge in [0.05, 0.1) is 17.6 Å². The minimum Gasteiger partial charge on any atom is -0.431 e. The van der Waals surface area contributed by atoms with Crippen LogP contribution in [0.3, 0.4) is 0 Å². The van der Waals surface area contributed by atoms with Crippen LogP contribution < -0.4 is 10.6 Å². The van der Waals surface area contributed by atoms with Crippen LogP contribution in [0.5, 0.6) is 0 Å².